The van der Waals surface area contributed by atoms with E-state index in [2.05, 4.69) is 55.5 Å². The molecule has 0 atom stereocenters. The molecule has 0 unspecified atom stereocenters. The lowest BCUT2D eigenvalue weighted by Gasteiger charge is -2.27. The maximum absolute atomic E-state index is 14.5. The number of rotatable bonds is 5. The van der Waals surface area contributed by atoms with Gasteiger partial charge in [0.2, 0.25) is 0 Å². The van der Waals surface area contributed by atoms with Gasteiger partial charge in [-0.25, -0.2) is 9.80 Å². The van der Waals surface area contributed by atoms with Crippen molar-refractivity contribution >= 4 is 28.8 Å². The molecule has 0 radical (unpaired) electrons. The first kappa shape index (κ1) is 24.9. The molecule has 4 aromatic carbocycles. The molecule has 5 nitrogen and oxygen atoms in total. The Morgan fingerprint density at radius 2 is 1.41 bits per heavy atom. The molecule has 0 saturated heterocycles. The number of para-hydroxylation sites is 1. The van der Waals surface area contributed by atoms with Crippen LogP contribution in [0.5, 0.6) is 0 Å². The van der Waals surface area contributed by atoms with Crippen molar-refractivity contribution in [2.24, 2.45) is 11.0 Å². The third-order valence-electron chi connectivity index (χ3n) is 7.98. The normalized spacial score (nSPS) is 16.0. The van der Waals surface area contributed by atoms with Crippen LogP contribution in [0.4, 0.5) is 21.9 Å². The number of benzene rings is 4. The Hall–Kier alpha value is -4.38. The summed E-state index contributed by atoms with van der Waals surface area (Å²) in [5, 5.41) is 6.88. The van der Waals surface area contributed by atoms with E-state index in [1.807, 2.05) is 48.5 Å². The number of anilines is 3. The topological polar surface area (TPSA) is 61.9 Å². The summed E-state index contributed by atoms with van der Waals surface area (Å²) in [6, 6.07) is 32.3. The van der Waals surface area contributed by atoms with Crippen molar-refractivity contribution in [1.82, 2.24) is 5.01 Å². The van der Waals surface area contributed by atoms with E-state index in [9.17, 15) is 4.79 Å². The lowest BCUT2D eigenvalue weighted by Crippen LogP contribution is -2.37. The molecule has 4 aromatic rings. The first-order valence-corrected chi connectivity index (χ1v) is 13.9. The zero-order valence-electron chi connectivity index (χ0n) is 22.4. The largest absolute Gasteiger partial charge is 0.399 e. The highest BCUT2D eigenvalue weighted by atomic mass is 16.2. The predicted molar refractivity (Wildman–Crippen MR) is 160 cm³/mol. The van der Waals surface area contributed by atoms with Crippen LogP contribution in [0.1, 0.15) is 48.8 Å². The minimum Gasteiger partial charge on any atom is -0.399 e. The Kier molecular flexibility index (Phi) is 6.89. The summed E-state index contributed by atoms with van der Waals surface area (Å²) in [5.41, 5.74) is 14.9. The van der Waals surface area contributed by atoms with Gasteiger partial charge in [-0.05, 0) is 72.4 Å². The Labute approximate surface area is 230 Å². The Morgan fingerprint density at radius 1 is 0.769 bits per heavy atom. The highest BCUT2D eigenvalue weighted by molar-refractivity contribution is 6.13. The summed E-state index contributed by atoms with van der Waals surface area (Å²) in [4.78, 5) is 16.3. The van der Waals surface area contributed by atoms with E-state index in [4.69, 9.17) is 10.8 Å². The number of aryl methyl sites for hydroxylation is 1. The van der Waals surface area contributed by atoms with Crippen LogP contribution in [-0.4, -0.2) is 16.8 Å². The monoisotopic (exact) mass is 514 g/mol. The highest BCUT2D eigenvalue weighted by Crippen LogP contribution is 2.38. The number of hydrazone groups is 1. The van der Waals surface area contributed by atoms with Gasteiger partial charge >= 0.3 is 6.03 Å². The highest BCUT2D eigenvalue weighted by Gasteiger charge is 2.34. The van der Waals surface area contributed by atoms with Gasteiger partial charge in [0.05, 0.1) is 23.6 Å². The van der Waals surface area contributed by atoms with Gasteiger partial charge in [0.25, 0.3) is 0 Å². The van der Waals surface area contributed by atoms with Crippen molar-refractivity contribution < 1.29 is 4.79 Å². The molecule has 1 heterocycles. The molecule has 1 aliphatic heterocycles. The number of hydrogen-bond donors (Lipinski definition) is 1. The fraction of sp³-hybridized carbons (Fsp3) is 0.235. The smallest absolute Gasteiger partial charge is 0.349 e. The molecule has 0 spiro atoms. The third kappa shape index (κ3) is 4.92. The first-order chi connectivity index (χ1) is 19.1. The van der Waals surface area contributed by atoms with Crippen LogP contribution in [-0.2, 0) is 6.54 Å². The van der Waals surface area contributed by atoms with Gasteiger partial charge in [-0.3, -0.25) is 4.90 Å². The van der Waals surface area contributed by atoms with Crippen LogP contribution in [0, 0.1) is 12.8 Å². The number of carbonyl (C=O) groups is 1. The standard InChI is InChI=1S/C34H34N4O/c1-24-11-5-7-15-29(24)30-16-8-6-14-26(30)23-37-34(39)38(28-21-19-27(35)20-22-28)32-18-10-9-17-31(32)33(36-37)25-12-3-2-4-13-25/h5-11,14-22,25H,2-4,12-13,23,35H2,1H3. The number of amides is 2. The quantitative estimate of drug-likeness (QED) is 0.272. The summed E-state index contributed by atoms with van der Waals surface area (Å²) in [6.45, 7) is 2.50. The Morgan fingerprint density at radius 3 is 2.15 bits per heavy atom. The molecule has 1 aliphatic carbocycles. The van der Waals surface area contributed by atoms with Gasteiger partial charge in [0, 0.05) is 17.2 Å². The van der Waals surface area contributed by atoms with Crippen molar-refractivity contribution in [2.75, 3.05) is 10.6 Å². The van der Waals surface area contributed by atoms with E-state index >= 15 is 0 Å². The zero-order chi connectivity index (χ0) is 26.8. The maximum atomic E-state index is 14.5. The number of carbonyl (C=O) groups excluding carboxylic acids is 1. The number of nitrogens with two attached hydrogens (primary N) is 1. The predicted octanol–water partition coefficient (Wildman–Crippen LogP) is 8.30. The van der Waals surface area contributed by atoms with Gasteiger partial charge in [0.1, 0.15) is 0 Å². The summed E-state index contributed by atoms with van der Waals surface area (Å²) < 4.78 is 0. The molecule has 2 amide bonds. The van der Waals surface area contributed by atoms with Crippen LogP contribution >= 0.6 is 0 Å². The van der Waals surface area contributed by atoms with Gasteiger partial charge < -0.3 is 5.73 Å². The molecule has 6 rings (SSSR count). The molecule has 2 N–H and O–H groups in total. The van der Waals surface area contributed by atoms with Gasteiger partial charge in [0.15, 0.2) is 0 Å². The summed E-state index contributed by atoms with van der Waals surface area (Å²) in [6.07, 6.45) is 5.83. The third-order valence-corrected chi connectivity index (χ3v) is 7.98. The molecular weight excluding hydrogens is 480 g/mol. The second-order valence-corrected chi connectivity index (χ2v) is 10.6. The molecule has 1 saturated carbocycles. The summed E-state index contributed by atoms with van der Waals surface area (Å²) in [7, 11) is 0. The van der Waals surface area contributed by atoms with E-state index < -0.39 is 0 Å². The summed E-state index contributed by atoms with van der Waals surface area (Å²) in [5.74, 6) is 0.327. The summed E-state index contributed by atoms with van der Waals surface area (Å²) >= 11 is 0. The molecule has 2 aliphatic rings. The van der Waals surface area contributed by atoms with Crippen molar-refractivity contribution in [3.63, 3.8) is 0 Å². The van der Waals surface area contributed by atoms with E-state index in [0.717, 1.165) is 46.6 Å². The number of fused-ring (bicyclic) bond motifs is 1. The lowest BCUT2D eigenvalue weighted by molar-refractivity contribution is 0.207. The molecular formula is C34H34N4O. The zero-order valence-corrected chi connectivity index (χ0v) is 22.4. The van der Waals surface area contributed by atoms with Crippen LogP contribution in [0.15, 0.2) is 102 Å². The molecule has 1 fully saturated rings. The molecule has 0 aromatic heterocycles. The molecule has 5 heteroatoms. The molecule has 0 bridgehead atoms. The van der Waals surface area contributed by atoms with Crippen molar-refractivity contribution in [3.8, 4) is 11.1 Å². The molecule has 39 heavy (non-hydrogen) atoms. The van der Waals surface area contributed by atoms with E-state index in [0.29, 0.717) is 18.2 Å². The van der Waals surface area contributed by atoms with Crippen molar-refractivity contribution in [1.29, 1.82) is 0 Å². The molecule has 196 valence electrons. The second-order valence-electron chi connectivity index (χ2n) is 10.6. The van der Waals surface area contributed by atoms with Crippen LogP contribution in [0.2, 0.25) is 0 Å². The minimum absolute atomic E-state index is 0.169. The van der Waals surface area contributed by atoms with Crippen molar-refractivity contribution in [3.05, 3.63) is 114 Å². The van der Waals surface area contributed by atoms with E-state index in [1.165, 1.54) is 30.4 Å². The number of urea groups is 1. The fourth-order valence-corrected chi connectivity index (χ4v) is 5.94. The van der Waals surface area contributed by atoms with Gasteiger partial charge in [-0.15, -0.1) is 0 Å². The van der Waals surface area contributed by atoms with Crippen LogP contribution in [0.25, 0.3) is 11.1 Å². The average molecular weight is 515 g/mol. The number of hydrogen-bond acceptors (Lipinski definition) is 3. The number of nitrogen functional groups attached to an aromatic ring is 1. The SMILES string of the molecule is Cc1ccccc1-c1ccccc1CN1N=C(C2CCCCC2)c2ccccc2N(c2ccc(N)cc2)C1=O. The first-order valence-electron chi connectivity index (χ1n) is 13.9. The van der Waals surface area contributed by atoms with Gasteiger partial charge in [-0.2, -0.15) is 5.10 Å². The number of nitrogens with zero attached hydrogens (tertiary/aromatic N) is 3. The Balaban J connectivity index is 1.49. The van der Waals surface area contributed by atoms with Crippen molar-refractivity contribution in [2.45, 2.75) is 45.6 Å². The lowest BCUT2D eigenvalue weighted by atomic mass is 9.83. The van der Waals surface area contributed by atoms with Crippen LogP contribution in [0.3, 0.4) is 0 Å². The minimum atomic E-state index is -0.169. The van der Waals surface area contributed by atoms with Gasteiger partial charge in [-0.1, -0.05) is 86.0 Å². The Bertz CT molecular complexity index is 1520. The fourth-order valence-electron chi connectivity index (χ4n) is 5.94. The van der Waals surface area contributed by atoms with E-state index in [1.54, 1.807) is 9.91 Å². The van der Waals surface area contributed by atoms with E-state index in [-0.39, 0.29) is 6.03 Å². The average Bonchev–Trinajstić information content (AvgIpc) is 3.09. The maximum Gasteiger partial charge on any atom is 0.349 e. The van der Waals surface area contributed by atoms with Crippen LogP contribution < -0.4 is 10.6 Å². The second kappa shape index (κ2) is 10.8.